The van der Waals surface area contributed by atoms with Gasteiger partial charge in [0.05, 0.1) is 0 Å². The summed E-state index contributed by atoms with van der Waals surface area (Å²) in [6, 6.07) is 0. The van der Waals surface area contributed by atoms with Crippen LogP contribution in [0.5, 0.6) is 0 Å². The third-order valence-corrected chi connectivity index (χ3v) is 1.06. The van der Waals surface area contributed by atoms with Crippen LogP contribution in [0.3, 0.4) is 0 Å². The van der Waals surface area contributed by atoms with Gasteiger partial charge in [-0.3, -0.25) is 0 Å². The molecular formula is C4H10BNNaO3S. The van der Waals surface area contributed by atoms with Crippen molar-refractivity contribution in [2.24, 2.45) is 0 Å². The van der Waals surface area contributed by atoms with Gasteiger partial charge < -0.3 is 21.7 Å². The summed E-state index contributed by atoms with van der Waals surface area (Å²) in [6.45, 7) is 0. The summed E-state index contributed by atoms with van der Waals surface area (Å²) in [4.78, 5) is 0. The Morgan fingerprint density at radius 1 is 1.36 bits per heavy atom. The van der Waals surface area contributed by atoms with Crippen molar-refractivity contribution >= 4 is 19.6 Å². The van der Waals surface area contributed by atoms with Crippen LogP contribution >= 0.6 is 11.9 Å². The standard InChI is InChI=1S/C4H5NS.BH2O2.Na.H2O.H/c1-2-4-6-5-3-1;2-1-3;;;/h1-5H;2-3H;;1H2;/q;;+1;;-1. The molecule has 0 amide bonds. The van der Waals surface area contributed by atoms with Crippen LogP contribution in [0.15, 0.2) is 23.8 Å². The zero-order valence-corrected chi connectivity index (χ0v) is 9.01. The topological polar surface area (TPSA) is 84.0 Å². The van der Waals surface area contributed by atoms with Crippen molar-refractivity contribution in [2.45, 2.75) is 0 Å². The van der Waals surface area contributed by atoms with Crippen molar-refractivity contribution < 1.29 is 46.5 Å². The molecule has 0 aromatic rings. The van der Waals surface area contributed by atoms with Crippen LogP contribution in [-0.2, 0) is 0 Å². The van der Waals surface area contributed by atoms with Crippen molar-refractivity contribution in [1.29, 1.82) is 0 Å². The molecule has 1 aliphatic heterocycles. The number of nitrogens with one attached hydrogen (secondary N) is 1. The van der Waals surface area contributed by atoms with E-state index in [4.69, 9.17) is 10.0 Å². The fourth-order valence-corrected chi connectivity index (χ4v) is 0.663. The van der Waals surface area contributed by atoms with Gasteiger partial charge in [0.2, 0.25) is 0 Å². The van der Waals surface area contributed by atoms with E-state index in [0.717, 1.165) is 0 Å². The number of allylic oxidation sites excluding steroid dienone is 2. The summed E-state index contributed by atoms with van der Waals surface area (Å²) in [7, 11) is 0. The summed E-state index contributed by atoms with van der Waals surface area (Å²) in [5, 5.41) is 16.0. The average Bonchev–Trinajstić information content (AvgIpc) is 1.93. The van der Waals surface area contributed by atoms with Crippen molar-refractivity contribution in [3.05, 3.63) is 23.8 Å². The molecule has 4 nitrogen and oxygen atoms in total. The molecule has 1 radical (unpaired) electrons. The average molecular weight is 186 g/mol. The zero-order chi connectivity index (χ0) is 6.95. The summed E-state index contributed by atoms with van der Waals surface area (Å²) < 4.78 is 2.93. The largest absolute Gasteiger partial charge is 1.00 e. The van der Waals surface area contributed by atoms with Crippen molar-refractivity contribution in [2.75, 3.05) is 0 Å². The first-order valence-corrected chi connectivity index (χ1v) is 3.12. The van der Waals surface area contributed by atoms with Gasteiger partial charge in [-0.25, -0.2) is 0 Å². The normalized spacial score (nSPS) is 10.7. The van der Waals surface area contributed by atoms with Gasteiger partial charge >= 0.3 is 37.2 Å². The van der Waals surface area contributed by atoms with Gasteiger partial charge in [0, 0.05) is 6.20 Å². The minimum atomic E-state index is 0. The zero-order valence-electron chi connectivity index (χ0n) is 7.19. The molecule has 0 bridgehead atoms. The van der Waals surface area contributed by atoms with Crippen LogP contribution in [0.25, 0.3) is 0 Å². The molecule has 5 N–H and O–H groups in total. The molecule has 1 heterocycles. The Morgan fingerprint density at radius 3 is 2.00 bits per heavy atom. The van der Waals surface area contributed by atoms with E-state index in [9.17, 15) is 0 Å². The molecular weight excluding hydrogens is 176 g/mol. The second-order valence-corrected chi connectivity index (χ2v) is 1.78. The molecule has 1 rings (SSSR count). The Morgan fingerprint density at radius 2 is 1.91 bits per heavy atom. The number of hydrogen-bond donors (Lipinski definition) is 3. The van der Waals surface area contributed by atoms with Crippen LogP contribution in [0.1, 0.15) is 1.43 Å². The Balaban J connectivity index is -0.0000000489. The van der Waals surface area contributed by atoms with Crippen molar-refractivity contribution in [1.82, 2.24) is 4.72 Å². The predicted octanol–water partition coefficient (Wildman–Crippen LogP) is -3.94. The fourth-order valence-electron chi connectivity index (χ4n) is 0.258. The second kappa shape index (κ2) is 16.9. The molecule has 0 atom stereocenters. The van der Waals surface area contributed by atoms with Gasteiger partial charge in [-0.15, -0.1) is 0 Å². The monoisotopic (exact) mass is 186 g/mol. The van der Waals surface area contributed by atoms with Crippen molar-refractivity contribution in [3.8, 4) is 0 Å². The predicted molar refractivity (Wildman–Crippen MR) is 43.9 cm³/mol. The first kappa shape index (κ1) is 17.6. The summed E-state index contributed by atoms with van der Waals surface area (Å²) in [6.07, 6.45) is 5.84. The smallest absolute Gasteiger partial charge is 1.00 e. The fraction of sp³-hybridized carbons (Fsp3) is 0. The maximum absolute atomic E-state index is 7.00. The van der Waals surface area contributed by atoms with E-state index in [1.807, 2.05) is 23.8 Å². The summed E-state index contributed by atoms with van der Waals surface area (Å²) in [5.74, 6) is 0. The molecule has 0 saturated carbocycles. The molecule has 0 aromatic carbocycles. The Hall–Kier alpha value is 0.575. The van der Waals surface area contributed by atoms with Gasteiger partial charge in [0.25, 0.3) is 0 Å². The maximum atomic E-state index is 7.00. The number of hydrogen-bond acceptors (Lipinski definition) is 4. The molecule has 0 aliphatic carbocycles. The van der Waals surface area contributed by atoms with Crippen LogP contribution in [0.4, 0.5) is 0 Å². The molecule has 1 aliphatic rings. The van der Waals surface area contributed by atoms with Gasteiger partial charge in [-0.2, -0.15) is 0 Å². The van der Waals surface area contributed by atoms with E-state index in [1.54, 1.807) is 11.9 Å². The molecule has 0 spiro atoms. The quantitative estimate of drug-likeness (QED) is 0.266. The Kier molecular flexibility index (Phi) is 27.0. The molecule has 0 aromatic heterocycles. The summed E-state index contributed by atoms with van der Waals surface area (Å²) >= 11 is 1.58. The Labute approximate surface area is 94.3 Å². The van der Waals surface area contributed by atoms with Crippen LogP contribution in [0, 0.1) is 0 Å². The van der Waals surface area contributed by atoms with Crippen LogP contribution in [-0.4, -0.2) is 23.2 Å². The molecule has 7 heteroatoms. The SMILES string of the molecule is C1=CNSC=C1.O.O[B]O.[H-].[Na+]. The van der Waals surface area contributed by atoms with E-state index >= 15 is 0 Å². The number of rotatable bonds is 0. The third-order valence-electron chi connectivity index (χ3n) is 0.490. The van der Waals surface area contributed by atoms with E-state index in [0.29, 0.717) is 0 Å². The minimum absolute atomic E-state index is 0. The first-order valence-electron chi connectivity index (χ1n) is 2.24. The Bertz CT molecular complexity index is 106. The molecule has 11 heavy (non-hydrogen) atoms. The molecule has 0 fully saturated rings. The van der Waals surface area contributed by atoms with E-state index < -0.39 is 0 Å². The van der Waals surface area contributed by atoms with Crippen LogP contribution < -0.4 is 34.3 Å². The van der Waals surface area contributed by atoms with Gasteiger partial charge in [0.15, 0.2) is 0 Å². The van der Waals surface area contributed by atoms with Gasteiger partial charge in [-0.05, 0) is 23.4 Å². The summed E-state index contributed by atoms with van der Waals surface area (Å²) in [5.41, 5.74) is 0. The van der Waals surface area contributed by atoms with Crippen molar-refractivity contribution in [3.63, 3.8) is 0 Å². The molecule has 0 saturated heterocycles. The van der Waals surface area contributed by atoms with E-state index in [2.05, 4.69) is 4.72 Å². The minimum Gasteiger partial charge on any atom is -1.00 e. The van der Waals surface area contributed by atoms with Crippen LogP contribution in [0.2, 0.25) is 0 Å². The first-order chi connectivity index (χ1) is 4.41. The van der Waals surface area contributed by atoms with E-state index in [-0.39, 0.29) is 44.1 Å². The van der Waals surface area contributed by atoms with E-state index in [1.165, 1.54) is 0 Å². The van der Waals surface area contributed by atoms with Gasteiger partial charge in [-0.1, -0.05) is 6.08 Å². The molecule has 59 valence electrons. The maximum Gasteiger partial charge on any atom is 1.00 e. The second-order valence-electron chi connectivity index (χ2n) is 1.04. The molecule has 0 unspecified atom stereocenters. The third kappa shape index (κ3) is 18.0. The van der Waals surface area contributed by atoms with Gasteiger partial charge in [0.1, 0.15) is 0 Å².